The maximum Gasteiger partial charge on any atom is 0.156 e. The number of rotatable bonds is 4. The molecule has 1 rings (SSSR count). The number of halogens is 1. The van der Waals surface area contributed by atoms with Crippen LogP contribution in [0.2, 0.25) is 0 Å². The van der Waals surface area contributed by atoms with Gasteiger partial charge in [-0.2, -0.15) is 0 Å². The maximum absolute atomic E-state index is 11.3. The lowest BCUT2D eigenvalue weighted by Crippen LogP contribution is -2.12. The predicted octanol–water partition coefficient (Wildman–Crippen LogP) is 1.36. The zero-order valence-corrected chi connectivity index (χ0v) is 9.88. The highest BCUT2D eigenvalue weighted by molar-refractivity contribution is 9.10. The topological polar surface area (TPSA) is 54.4 Å². The van der Waals surface area contributed by atoms with E-state index in [2.05, 4.69) is 15.9 Å². The molecule has 5 heteroatoms. The van der Waals surface area contributed by atoms with E-state index in [0.29, 0.717) is 0 Å². The number of aliphatic hydroxyl groups is 1. The van der Waals surface area contributed by atoms with Crippen LogP contribution in [0.1, 0.15) is 5.56 Å². The molecule has 0 spiro atoms. The number of hydrogen-bond donors (Lipinski definition) is 1. The van der Waals surface area contributed by atoms with Crippen LogP contribution in [0.25, 0.3) is 0 Å². The minimum absolute atomic E-state index is 0.0131. The molecule has 0 fully saturated rings. The Morgan fingerprint density at radius 3 is 2.29 bits per heavy atom. The van der Waals surface area contributed by atoms with Gasteiger partial charge in [0.15, 0.2) is 9.84 Å². The third kappa shape index (κ3) is 3.77. The lowest BCUT2D eigenvalue weighted by Gasteiger charge is -2.02. The van der Waals surface area contributed by atoms with E-state index in [9.17, 15) is 8.42 Å². The van der Waals surface area contributed by atoms with Gasteiger partial charge in [-0.15, -0.1) is 0 Å². The van der Waals surface area contributed by atoms with Crippen LogP contribution in [0.4, 0.5) is 0 Å². The zero-order valence-electron chi connectivity index (χ0n) is 7.48. The standard InChI is InChI=1S/C9H11BrO3S/c10-9-3-1-8(2-4-9)7-14(12,13)6-5-11/h1-4,11H,5-7H2. The summed E-state index contributed by atoms with van der Waals surface area (Å²) in [5, 5.41) is 8.54. The molecule has 0 bridgehead atoms. The van der Waals surface area contributed by atoms with E-state index in [1.807, 2.05) is 0 Å². The van der Waals surface area contributed by atoms with Gasteiger partial charge >= 0.3 is 0 Å². The van der Waals surface area contributed by atoms with Crippen LogP contribution in [0.15, 0.2) is 28.7 Å². The Morgan fingerprint density at radius 2 is 1.79 bits per heavy atom. The summed E-state index contributed by atoms with van der Waals surface area (Å²) in [5.41, 5.74) is 0.738. The summed E-state index contributed by atoms with van der Waals surface area (Å²) < 4.78 is 23.5. The molecule has 0 heterocycles. The van der Waals surface area contributed by atoms with Crippen LogP contribution in [0.3, 0.4) is 0 Å². The smallest absolute Gasteiger partial charge is 0.156 e. The van der Waals surface area contributed by atoms with Gasteiger partial charge in [0, 0.05) is 4.47 Å². The molecule has 0 aliphatic carbocycles. The molecule has 14 heavy (non-hydrogen) atoms. The van der Waals surface area contributed by atoms with Crippen molar-refractivity contribution in [3.63, 3.8) is 0 Å². The minimum atomic E-state index is -3.16. The lowest BCUT2D eigenvalue weighted by molar-refractivity contribution is 0.319. The van der Waals surface area contributed by atoms with Crippen LogP contribution < -0.4 is 0 Å². The highest BCUT2D eigenvalue weighted by atomic mass is 79.9. The SMILES string of the molecule is O=S(=O)(CCO)Cc1ccc(Br)cc1. The monoisotopic (exact) mass is 278 g/mol. The van der Waals surface area contributed by atoms with E-state index in [0.717, 1.165) is 10.0 Å². The second-order valence-corrected chi connectivity index (χ2v) is 6.04. The zero-order chi connectivity index (χ0) is 10.6. The summed E-state index contributed by atoms with van der Waals surface area (Å²) in [5.74, 6) is -0.191. The quantitative estimate of drug-likeness (QED) is 0.905. The van der Waals surface area contributed by atoms with Crippen molar-refractivity contribution in [1.29, 1.82) is 0 Å². The summed E-state index contributed by atoms with van der Waals surface area (Å²) in [4.78, 5) is 0. The molecule has 1 N–H and O–H groups in total. The van der Waals surface area contributed by atoms with Gasteiger partial charge in [-0.25, -0.2) is 8.42 Å². The van der Waals surface area contributed by atoms with E-state index in [1.54, 1.807) is 24.3 Å². The van der Waals surface area contributed by atoms with Crippen LogP contribution in [0, 0.1) is 0 Å². The highest BCUT2D eigenvalue weighted by Crippen LogP contribution is 2.12. The molecule has 3 nitrogen and oxygen atoms in total. The molecule has 78 valence electrons. The molecule has 0 aromatic heterocycles. The normalized spacial score (nSPS) is 11.6. The van der Waals surface area contributed by atoms with Crippen LogP contribution in [-0.2, 0) is 15.6 Å². The second-order valence-electron chi connectivity index (χ2n) is 2.94. The van der Waals surface area contributed by atoms with Crippen molar-refractivity contribution >= 4 is 25.8 Å². The molecule has 0 radical (unpaired) electrons. The van der Waals surface area contributed by atoms with Gasteiger partial charge in [0.1, 0.15) is 0 Å². The van der Waals surface area contributed by atoms with Gasteiger partial charge in [0.25, 0.3) is 0 Å². The lowest BCUT2D eigenvalue weighted by atomic mass is 10.2. The van der Waals surface area contributed by atoms with Crippen molar-refractivity contribution in [1.82, 2.24) is 0 Å². The van der Waals surface area contributed by atoms with Gasteiger partial charge in [0.2, 0.25) is 0 Å². The first-order valence-electron chi connectivity index (χ1n) is 4.09. The number of hydrogen-bond acceptors (Lipinski definition) is 3. The molecular weight excluding hydrogens is 268 g/mol. The molecule has 1 aromatic rings. The average Bonchev–Trinajstić information content (AvgIpc) is 2.08. The molecule has 0 saturated heterocycles. The van der Waals surface area contributed by atoms with Crippen molar-refractivity contribution in [3.05, 3.63) is 34.3 Å². The Bertz CT molecular complexity index is 383. The molecule has 0 amide bonds. The van der Waals surface area contributed by atoms with E-state index < -0.39 is 9.84 Å². The Morgan fingerprint density at radius 1 is 1.21 bits per heavy atom. The molecule has 0 saturated carbocycles. The second kappa shape index (κ2) is 4.91. The van der Waals surface area contributed by atoms with Gasteiger partial charge in [-0.1, -0.05) is 28.1 Å². The fourth-order valence-electron chi connectivity index (χ4n) is 1.05. The summed E-state index contributed by atoms with van der Waals surface area (Å²) in [7, 11) is -3.16. The first-order chi connectivity index (χ1) is 6.53. The Labute approximate surface area is 91.8 Å². The molecule has 0 unspecified atom stereocenters. The molecule has 0 aliphatic heterocycles. The van der Waals surface area contributed by atoms with Crippen LogP contribution in [0.5, 0.6) is 0 Å². The minimum Gasteiger partial charge on any atom is -0.395 e. The summed E-state index contributed by atoms with van der Waals surface area (Å²) in [6.07, 6.45) is 0. The first-order valence-corrected chi connectivity index (χ1v) is 6.71. The molecule has 0 aliphatic rings. The number of aliphatic hydroxyl groups excluding tert-OH is 1. The third-order valence-electron chi connectivity index (χ3n) is 1.70. The highest BCUT2D eigenvalue weighted by Gasteiger charge is 2.10. The summed E-state index contributed by atoms with van der Waals surface area (Å²) >= 11 is 3.27. The van der Waals surface area contributed by atoms with E-state index in [-0.39, 0.29) is 18.1 Å². The van der Waals surface area contributed by atoms with Crippen LogP contribution >= 0.6 is 15.9 Å². The maximum atomic E-state index is 11.3. The van der Waals surface area contributed by atoms with Gasteiger partial charge in [-0.3, -0.25) is 0 Å². The van der Waals surface area contributed by atoms with Gasteiger partial charge in [-0.05, 0) is 17.7 Å². The van der Waals surface area contributed by atoms with E-state index in [4.69, 9.17) is 5.11 Å². The number of benzene rings is 1. The van der Waals surface area contributed by atoms with E-state index >= 15 is 0 Å². The average molecular weight is 279 g/mol. The summed E-state index contributed by atoms with van der Waals surface area (Å²) in [6.45, 7) is -0.321. The van der Waals surface area contributed by atoms with Gasteiger partial charge < -0.3 is 5.11 Å². The van der Waals surface area contributed by atoms with Crippen molar-refractivity contribution in [2.45, 2.75) is 5.75 Å². The van der Waals surface area contributed by atoms with Crippen molar-refractivity contribution in [2.24, 2.45) is 0 Å². The van der Waals surface area contributed by atoms with Crippen molar-refractivity contribution in [3.8, 4) is 0 Å². The first kappa shape index (κ1) is 11.7. The Kier molecular flexibility index (Phi) is 4.10. The largest absolute Gasteiger partial charge is 0.395 e. The third-order valence-corrected chi connectivity index (χ3v) is 3.81. The molecule has 1 aromatic carbocycles. The van der Waals surface area contributed by atoms with Gasteiger partial charge in [0.05, 0.1) is 18.1 Å². The fourth-order valence-corrected chi connectivity index (χ4v) is 2.43. The molecule has 0 atom stereocenters. The van der Waals surface area contributed by atoms with Crippen molar-refractivity contribution < 1.29 is 13.5 Å². The predicted molar refractivity (Wildman–Crippen MR) is 58.7 cm³/mol. The van der Waals surface area contributed by atoms with Crippen molar-refractivity contribution in [2.75, 3.05) is 12.4 Å². The number of sulfone groups is 1. The van der Waals surface area contributed by atoms with Crippen LogP contribution in [-0.4, -0.2) is 25.9 Å². The fraction of sp³-hybridized carbons (Fsp3) is 0.333. The molecular formula is C9H11BrO3S. The Balaban J connectivity index is 2.74. The van der Waals surface area contributed by atoms with E-state index in [1.165, 1.54) is 0 Å². The Hall–Kier alpha value is -0.390. The summed E-state index contributed by atoms with van der Waals surface area (Å²) in [6, 6.07) is 7.09.